The average molecular weight is 457 g/mol. The van der Waals surface area contributed by atoms with Crippen molar-refractivity contribution in [1.82, 2.24) is 19.7 Å². The number of Topliss-reactive ketones (excluding diaryl/α,β-unsaturated/α-hetero) is 1. The van der Waals surface area contributed by atoms with Crippen molar-refractivity contribution in [3.8, 4) is 22.8 Å². The van der Waals surface area contributed by atoms with Crippen LogP contribution in [0, 0.1) is 0 Å². The van der Waals surface area contributed by atoms with Gasteiger partial charge in [-0.1, -0.05) is 23.9 Å². The fraction of sp³-hybridized carbons (Fsp3) is 0.231. The zero-order valence-corrected chi connectivity index (χ0v) is 19.2. The van der Waals surface area contributed by atoms with Gasteiger partial charge in [-0.25, -0.2) is 0 Å². The van der Waals surface area contributed by atoms with Crippen LogP contribution >= 0.6 is 11.8 Å². The third-order valence-electron chi connectivity index (χ3n) is 5.71. The predicted molar refractivity (Wildman–Crippen MR) is 129 cm³/mol. The number of rotatable bonds is 8. The van der Waals surface area contributed by atoms with E-state index in [1.807, 2.05) is 54.0 Å². The molecule has 0 unspecified atom stereocenters. The van der Waals surface area contributed by atoms with Crippen LogP contribution in [0.25, 0.3) is 17.1 Å². The van der Waals surface area contributed by atoms with Crippen LogP contribution in [-0.4, -0.2) is 37.9 Å². The normalized spacial score (nSPS) is 12.5. The molecular formula is C26H24N4O2S. The Balaban J connectivity index is 1.43. The van der Waals surface area contributed by atoms with E-state index in [-0.39, 0.29) is 5.78 Å². The lowest BCUT2D eigenvalue weighted by Gasteiger charge is -2.11. The molecule has 0 fully saturated rings. The molecule has 1 aliphatic rings. The number of benzene rings is 2. The third-order valence-corrected chi connectivity index (χ3v) is 6.64. The van der Waals surface area contributed by atoms with Crippen molar-refractivity contribution in [3.05, 3.63) is 83.7 Å². The highest BCUT2D eigenvalue weighted by Gasteiger charge is 2.19. The first-order valence-electron chi connectivity index (χ1n) is 11.1. The first-order chi connectivity index (χ1) is 16.2. The van der Waals surface area contributed by atoms with E-state index in [9.17, 15) is 4.79 Å². The molecule has 5 rings (SSSR count). The van der Waals surface area contributed by atoms with Crippen molar-refractivity contribution >= 4 is 17.5 Å². The molecule has 2 heterocycles. The van der Waals surface area contributed by atoms with Crippen molar-refractivity contribution < 1.29 is 9.53 Å². The topological polar surface area (TPSA) is 69.9 Å². The maximum Gasteiger partial charge on any atom is 0.196 e. The number of pyridine rings is 1. The molecule has 6 nitrogen and oxygen atoms in total. The summed E-state index contributed by atoms with van der Waals surface area (Å²) in [5.74, 6) is 1.87. The second-order valence-electron chi connectivity index (χ2n) is 7.86. The Kier molecular flexibility index (Phi) is 6.21. The van der Waals surface area contributed by atoms with Gasteiger partial charge < -0.3 is 4.74 Å². The minimum Gasteiger partial charge on any atom is -0.494 e. The molecule has 7 heteroatoms. The Morgan fingerprint density at radius 3 is 2.70 bits per heavy atom. The lowest BCUT2D eigenvalue weighted by atomic mass is 10.0. The highest BCUT2D eigenvalue weighted by atomic mass is 32.2. The summed E-state index contributed by atoms with van der Waals surface area (Å²) in [5.41, 5.74) is 5.20. The Hall–Kier alpha value is -3.45. The van der Waals surface area contributed by atoms with Gasteiger partial charge in [0, 0.05) is 29.2 Å². The van der Waals surface area contributed by atoms with Crippen LogP contribution in [0.2, 0.25) is 0 Å². The molecular weight excluding hydrogens is 432 g/mol. The van der Waals surface area contributed by atoms with Crippen LogP contribution in [0.15, 0.2) is 72.1 Å². The summed E-state index contributed by atoms with van der Waals surface area (Å²) in [6.07, 6.45) is 6.83. The molecule has 0 saturated carbocycles. The lowest BCUT2D eigenvalue weighted by molar-refractivity contribution is 0.102. The molecule has 1 aliphatic carbocycles. The fourth-order valence-corrected chi connectivity index (χ4v) is 4.94. The second kappa shape index (κ2) is 9.58. The van der Waals surface area contributed by atoms with Gasteiger partial charge in [0.05, 0.1) is 12.4 Å². The summed E-state index contributed by atoms with van der Waals surface area (Å²) in [5, 5.41) is 9.50. The maximum atomic E-state index is 13.0. The monoisotopic (exact) mass is 456 g/mol. The van der Waals surface area contributed by atoms with Crippen LogP contribution in [0.3, 0.4) is 0 Å². The highest BCUT2D eigenvalue weighted by Crippen LogP contribution is 2.29. The number of nitrogens with zero attached hydrogens (tertiary/aromatic N) is 4. The van der Waals surface area contributed by atoms with Crippen LogP contribution in [0.1, 0.15) is 34.8 Å². The van der Waals surface area contributed by atoms with Gasteiger partial charge in [-0.05, 0) is 79.8 Å². The van der Waals surface area contributed by atoms with Gasteiger partial charge in [0.25, 0.3) is 0 Å². The van der Waals surface area contributed by atoms with E-state index in [4.69, 9.17) is 4.74 Å². The number of fused-ring (bicyclic) bond motifs is 1. The molecule has 0 saturated heterocycles. The van der Waals surface area contributed by atoms with Gasteiger partial charge in [0.2, 0.25) is 0 Å². The summed E-state index contributed by atoms with van der Waals surface area (Å²) in [4.78, 5) is 17.2. The molecule has 0 bridgehead atoms. The van der Waals surface area contributed by atoms with Crippen molar-refractivity contribution in [2.75, 3.05) is 12.4 Å². The number of aromatic nitrogens is 4. The van der Waals surface area contributed by atoms with E-state index >= 15 is 0 Å². The number of carbonyl (C=O) groups excluding carboxylic acids is 1. The Bertz CT molecular complexity index is 1270. The van der Waals surface area contributed by atoms with Crippen molar-refractivity contribution in [1.29, 1.82) is 0 Å². The zero-order chi connectivity index (χ0) is 22.6. The molecule has 2 aromatic heterocycles. The molecule has 0 aliphatic heterocycles. The number of hydrogen-bond donors (Lipinski definition) is 0. The Morgan fingerprint density at radius 2 is 1.91 bits per heavy atom. The van der Waals surface area contributed by atoms with Crippen LogP contribution < -0.4 is 4.74 Å². The summed E-state index contributed by atoms with van der Waals surface area (Å²) in [6, 6.07) is 17.7. The van der Waals surface area contributed by atoms with Crippen molar-refractivity contribution in [2.24, 2.45) is 0 Å². The van der Waals surface area contributed by atoms with E-state index in [1.54, 1.807) is 12.4 Å². The molecule has 0 N–H and O–H groups in total. The van der Waals surface area contributed by atoms with E-state index in [0.29, 0.717) is 23.3 Å². The van der Waals surface area contributed by atoms with Gasteiger partial charge in [-0.15, -0.1) is 10.2 Å². The second-order valence-corrected chi connectivity index (χ2v) is 8.80. The number of carbonyl (C=O) groups is 1. The van der Waals surface area contributed by atoms with Gasteiger partial charge in [-0.2, -0.15) is 0 Å². The smallest absolute Gasteiger partial charge is 0.196 e. The summed E-state index contributed by atoms with van der Waals surface area (Å²) in [6.45, 7) is 2.57. The molecule has 33 heavy (non-hydrogen) atoms. The molecule has 2 aromatic carbocycles. The van der Waals surface area contributed by atoms with Crippen molar-refractivity contribution in [2.45, 2.75) is 31.3 Å². The van der Waals surface area contributed by atoms with Gasteiger partial charge >= 0.3 is 0 Å². The Morgan fingerprint density at radius 1 is 1.06 bits per heavy atom. The molecule has 0 amide bonds. The minimum absolute atomic E-state index is 0.0962. The predicted octanol–water partition coefficient (Wildman–Crippen LogP) is 5.19. The SMILES string of the molecule is CCOc1ccc(-n2c(SCC(=O)c3ccc4c(c3)CCC4)nnc2-c2cccnc2)cc1. The van der Waals surface area contributed by atoms with E-state index in [2.05, 4.69) is 27.3 Å². The maximum absolute atomic E-state index is 13.0. The number of ketones is 1. The number of hydrogen-bond acceptors (Lipinski definition) is 6. The fourth-order valence-electron chi connectivity index (χ4n) is 4.09. The number of ether oxygens (including phenoxy) is 1. The third kappa shape index (κ3) is 4.54. The average Bonchev–Trinajstić information content (AvgIpc) is 3.50. The summed E-state index contributed by atoms with van der Waals surface area (Å²) >= 11 is 1.40. The summed E-state index contributed by atoms with van der Waals surface area (Å²) < 4.78 is 7.55. The molecule has 0 spiro atoms. The standard InChI is InChI=1S/C26H24N4O2S/c1-2-32-23-12-10-22(11-13-23)30-25(21-7-4-14-27-16-21)28-29-26(30)33-17-24(31)20-9-8-18-5-3-6-19(18)15-20/h4,7-16H,2-3,5-6,17H2,1H3. The largest absolute Gasteiger partial charge is 0.494 e. The van der Waals surface area contributed by atoms with Gasteiger partial charge in [-0.3, -0.25) is 14.3 Å². The molecule has 0 radical (unpaired) electrons. The number of thioether (sulfide) groups is 1. The minimum atomic E-state index is 0.0962. The Labute approximate surface area is 197 Å². The zero-order valence-electron chi connectivity index (χ0n) is 18.4. The van der Waals surface area contributed by atoms with E-state index in [0.717, 1.165) is 35.4 Å². The first kappa shape index (κ1) is 21.4. The van der Waals surface area contributed by atoms with Crippen molar-refractivity contribution in [3.63, 3.8) is 0 Å². The number of aryl methyl sites for hydroxylation is 2. The molecule has 4 aromatic rings. The van der Waals surface area contributed by atoms with E-state index in [1.165, 1.54) is 29.3 Å². The van der Waals surface area contributed by atoms with Crippen LogP contribution in [0.4, 0.5) is 0 Å². The van der Waals surface area contributed by atoms with Crippen LogP contribution in [-0.2, 0) is 12.8 Å². The first-order valence-corrected chi connectivity index (χ1v) is 12.1. The highest BCUT2D eigenvalue weighted by molar-refractivity contribution is 7.99. The lowest BCUT2D eigenvalue weighted by Crippen LogP contribution is -2.06. The quantitative estimate of drug-likeness (QED) is 0.268. The summed E-state index contributed by atoms with van der Waals surface area (Å²) in [7, 11) is 0. The molecule has 166 valence electrons. The molecule has 0 atom stereocenters. The van der Waals surface area contributed by atoms with Gasteiger partial charge in [0.15, 0.2) is 16.8 Å². The van der Waals surface area contributed by atoms with Gasteiger partial charge in [0.1, 0.15) is 5.75 Å². The van der Waals surface area contributed by atoms with E-state index < -0.39 is 0 Å². The van der Waals surface area contributed by atoms with Crippen LogP contribution in [0.5, 0.6) is 5.75 Å².